The quantitative estimate of drug-likeness (QED) is 0.257. The summed E-state index contributed by atoms with van der Waals surface area (Å²) in [6, 6.07) is 30.5. The largest absolute Gasteiger partial charge is 0.457 e. The monoisotopic (exact) mass is 432 g/mol. The van der Waals surface area contributed by atoms with Gasteiger partial charge in [0.25, 0.3) is 0 Å². The van der Waals surface area contributed by atoms with Gasteiger partial charge in [-0.2, -0.15) is 0 Å². The Hall–Kier alpha value is -2.91. The summed E-state index contributed by atoms with van der Waals surface area (Å²) in [5.41, 5.74) is 6.89. The highest BCUT2D eigenvalue weighted by molar-refractivity contribution is 7.96. The third kappa shape index (κ3) is 4.57. The molecule has 2 N–H and O–H groups in total. The second-order valence-electron chi connectivity index (χ2n) is 7.24. The predicted molar refractivity (Wildman–Crippen MR) is 133 cm³/mol. The molecule has 3 rings (SSSR count). The molecule has 1 atom stereocenters. The van der Waals surface area contributed by atoms with E-state index in [0.29, 0.717) is 5.42 Å². The van der Waals surface area contributed by atoms with Gasteiger partial charge >= 0.3 is 5.97 Å². The fraction of sp³-hybridized carbons (Fsp3) is 0.154. The van der Waals surface area contributed by atoms with Gasteiger partial charge in [0.2, 0.25) is 0 Å². The van der Waals surface area contributed by atoms with Crippen LogP contribution in [0.2, 0.25) is 0 Å². The van der Waals surface area contributed by atoms with Crippen LogP contribution in [0.25, 0.3) is 0 Å². The molecule has 0 saturated carbocycles. The summed E-state index contributed by atoms with van der Waals surface area (Å²) < 4.78 is 5.63. The zero-order valence-electron chi connectivity index (χ0n) is 18.0. The van der Waals surface area contributed by atoms with Crippen LogP contribution in [0.3, 0.4) is 0 Å². The van der Waals surface area contributed by atoms with Gasteiger partial charge in [-0.25, -0.2) is 4.79 Å². The van der Waals surface area contributed by atoms with Gasteiger partial charge in [0.15, 0.2) is 0 Å². The molecule has 0 aliphatic carbocycles. The van der Waals surface area contributed by atoms with Gasteiger partial charge in [-0.3, -0.25) is 4.90 Å². The SMILES string of the molecule is C=CCOC(=O)C(N(C)C(C)N)=P(c1ccccc1)(c1ccccc1)c1ccccc1. The molecule has 0 heterocycles. The number of nitrogens with two attached hydrogens (primary N) is 1. The van der Waals surface area contributed by atoms with Gasteiger partial charge in [-0.1, -0.05) is 104 Å². The molecule has 160 valence electrons. The molecule has 0 amide bonds. The van der Waals surface area contributed by atoms with E-state index >= 15 is 0 Å². The number of hydrogen-bond donors (Lipinski definition) is 1. The van der Waals surface area contributed by atoms with Gasteiger partial charge in [-0.05, 0) is 29.9 Å². The molecule has 31 heavy (non-hydrogen) atoms. The highest BCUT2D eigenvalue weighted by Crippen LogP contribution is 2.47. The second kappa shape index (κ2) is 10.4. The maximum atomic E-state index is 13.6. The smallest absolute Gasteiger partial charge is 0.350 e. The third-order valence-corrected chi connectivity index (χ3v) is 9.56. The van der Waals surface area contributed by atoms with Crippen LogP contribution in [0.1, 0.15) is 6.92 Å². The number of hydrogen-bond acceptors (Lipinski definition) is 3. The number of carbonyl (C=O) groups excluding carboxylic acids is 1. The minimum absolute atomic E-state index is 0.132. The molecule has 3 aromatic rings. The first-order chi connectivity index (χ1) is 15.0. The molecule has 0 aliphatic rings. The van der Waals surface area contributed by atoms with Crippen molar-refractivity contribution in [2.24, 2.45) is 5.73 Å². The molecule has 0 spiro atoms. The van der Waals surface area contributed by atoms with Crippen molar-refractivity contribution in [2.45, 2.75) is 13.1 Å². The first-order valence-corrected chi connectivity index (χ1v) is 12.0. The topological polar surface area (TPSA) is 55.6 Å². The molecular weight excluding hydrogens is 403 g/mol. The Morgan fingerprint density at radius 3 is 1.65 bits per heavy atom. The van der Waals surface area contributed by atoms with E-state index in [2.05, 4.69) is 43.0 Å². The van der Waals surface area contributed by atoms with Gasteiger partial charge < -0.3 is 10.5 Å². The second-order valence-corrected chi connectivity index (χ2v) is 10.6. The summed E-state index contributed by atoms with van der Waals surface area (Å²) >= 11 is 0. The van der Waals surface area contributed by atoms with E-state index in [1.165, 1.54) is 0 Å². The average molecular weight is 433 g/mol. The Labute approximate surface area is 184 Å². The molecule has 0 aliphatic heterocycles. The number of carbonyl (C=O) groups is 1. The lowest BCUT2D eigenvalue weighted by atomic mass is 10.4. The van der Waals surface area contributed by atoms with Crippen molar-refractivity contribution in [1.82, 2.24) is 4.90 Å². The lowest BCUT2D eigenvalue weighted by Crippen LogP contribution is -2.49. The molecule has 0 fully saturated rings. The van der Waals surface area contributed by atoms with Gasteiger partial charge in [0.1, 0.15) is 12.0 Å². The number of nitrogens with zero attached hydrogens (tertiary/aromatic N) is 1. The van der Waals surface area contributed by atoms with E-state index in [1.54, 1.807) is 6.08 Å². The van der Waals surface area contributed by atoms with Crippen LogP contribution < -0.4 is 21.6 Å². The fourth-order valence-electron chi connectivity index (χ4n) is 3.68. The van der Waals surface area contributed by atoms with Crippen LogP contribution in [0.5, 0.6) is 0 Å². The number of ether oxygens (including phenoxy) is 1. The number of likely N-dealkylation sites (N-methyl/N-ethyl adjacent to an activating group) is 1. The maximum absolute atomic E-state index is 13.6. The molecule has 4 nitrogen and oxygen atoms in total. The van der Waals surface area contributed by atoms with Crippen molar-refractivity contribution in [3.8, 4) is 0 Å². The molecule has 0 radical (unpaired) electrons. The molecular formula is C26H29N2O2P. The Morgan fingerprint density at radius 1 is 0.935 bits per heavy atom. The summed E-state index contributed by atoms with van der Waals surface area (Å²) in [7, 11) is 1.86. The zero-order valence-corrected chi connectivity index (χ0v) is 18.9. The van der Waals surface area contributed by atoms with Crippen molar-refractivity contribution in [3.63, 3.8) is 0 Å². The van der Waals surface area contributed by atoms with E-state index in [-0.39, 0.29) is 18.7 Å². The van der Waals surface area contributed by atoms with E-state index < -0.39 is 6.89 Å². The zero-order chi connectivity index (χ0) is 22.3. The van der Waals surface area contributed by atoms with Crippen molar-refractivity contribution in [2.75, 3.05) is 13.7 Å². The van der Waals surface area contributed by atoms with Crippen LogP contribution in [-0.2, 0) is 9.53 Å². The summed E-state index contributed by atoms with van der Waals surface area (Å²) in [5, 5.41) is 3.18. The van der Waals surface area contributed by atoms with Crippen LogP contribution >= 0.6 is 6.89 Å². The minimum Gasteiger partial charge on any atom is -0.457 e. The molecule has 3 aromatic carbocycles. The highest BCUT2D eigenvalue weighted by atomic mass is 31.2. The lowest BCUT2D eigenvalue weighted by molar-refractivity contribution is -0.135. The van der Waals surface area contributed by atoms with E-state index in [9.17, 15) is 4.79 Å². The van der Waals surface area contributed by atoms with Crippen LogP contribution in [0.4, 0.5) is 0 Å². The van der Waals surface area contributed by atoms with E-state index in [1.807, 2.05) is 73.5 Å². The molecule has 1 unspecified atom stereocenters. The molecule has 0 aromatic heterocycles. The van der Waals surface area contributed by atoms with Crippen molar-refractivity contribution in [1.29, 1.82) is 0 Å². The summed E-state index contributed by atoms with van der Waals surface area (Å²) in [5.74, 6) is -0.385. The molecule has 0 saturated heterocycles. The fourth-order valence-corrected chi connectivity index (χ4v) is 8.16. The third-order valence-electron chi connectivity index (χ3n) is 5.21. The van der Waals surface area contributed by atoms with E-state index in [4.69, 9.17) is 10.5 Å². The maximum Gasteiger partial charge on any atom is 0.350 e. The summed E-state index contributed by atoms with van der Waals surface area (Å²) in [6.45, 7) is 3.08. The Kier molecular flexibility index (Phi) is 7.64. The normalized spacial score (nSPS) is 12.3. The molecule has 5 heteroatoms. The molecule has 0 bridgehead atoms. The van der Waals surface area contributed by atoms with Crippen molar-refractivity contribution < 1.29 is 9.53 Å². The van der Waals surface area contributed by atoms with Gasteiger partial charge in [0.05, 0.1) is 6.17 Å². The summed E-state index contributed by atoms with van der Waals surface area (Å²) in [6.07, 6.45) is 1.19. The standard InChI is InChI=1S/C26H29N2O2P/c1-4-20-30-26(29)25(28(3)21(2)27)31(22-14-8-5-9-15-22,23-16-10-6-11-17-23)24-18-12-7-13-19-24/h4-19,21H,1,20,27H2,2-3H3. The Balaban J connectivity index is 2.58. The lowest BCUT2D eigenvalue weighted by Gasteiger charge is -2.36. The highest BCUT2D eigenvalue weighted by Gasteiger charge is 2.36. The summed E-state index contributed by atoms with van der Waals surface area (Å²) in [4.78, 5) is 15.5. The van der Waals surface area contributed by atoms with E-state index in [0.717, 1.165) is 15.9 Å². The van der Waals surface area contributed by atoms with Gasteiger partial charge in [-0.15, -0.1) is 0 Å². The van der Waals surface area contributed by atoms with Crippen LogP contribution in [0, 0.1) is 0 Å². The Bertz CT molecular complexity index is 961. The Morgan fingerprint density at radius 2 is 1.32 bits per heavy atom. The number of rotatable bonds is 8. The van der Waals surface area contributed by atoms with Crippen LogP contribution in [-0.4, -0.2) is 36.1 Å². The minimum atomic E-state index is -2.62. The number of esters is 1. The van der Waals surface area contributed by atoms with Crippen molar-refractivity contribution >= 4 is 34.2 Å². The number of benzene rings is 3. The predicted octanol–water partition coefficient (Wildman–Crippen LogP) is 3.08. The van der Waals surface area contributed by atoms with Crippen molar-refractivity contribution in [3.05, 3.63) is 104 Å². The first kappa shape index (κ1) is 22.8. The first-order valence-electron chi connectivity index (χ1n) is 10.2. The average Bonchev–Trinajstić information content (AvgIpc) is 2.82. The van der Waals surface area contributed by atoms with Gasteiger partial charge in [0, 0.05) is 6.89 Å². The van der Waals surface area contributed by atoms with Crippen LogP contribution in [0.15, 0.2) is 104 Å².